The number of fused-ring (bicyclic) bond motifs is 1. The summed E-state index contributed by atoms with van der Waals surface area (Å²) in [5.41, 5.74) is 3.33. The predicted molar refractivity (Wildman–Crippen MR) is 106 cm³/mol. The first-order valence-electron chi connectivity index (χ1n) is 9.40. The standard InChI is InChI=1S/C19H24ClN5O2/c20-15-12-14(19(26)25-6-1-2-17-18(25)13-22-23-17)3-4-16(15)21-5-7-24-8-10-27-11-9-24/h3-4,12-13,21H,1-2,5-11H2,(H,22,23). The van der Waals surface area contributed by atoms with Crippen LogP contribution >= 0.6 is 11.6 Å². The maximum absolute atomic E-state index is 12.9. The van der Waals surface area contributed by atoms with Crippen LogP contribution in [0.5, 0.6) is 0 Å². The molecular weight excluding hydrogens is 366 g/mol. The van der Waals surface area contributed by atoms with Crippen molar-refractivity contribution < 1.29 is 9.53 Å². The van der Waals surface area contributed by atoms with Crippen LogP contribution in [0.3, 0.4) is 0 Å². The number of aromatic nitrogens is 2. The first-order valence-corrected chi connectivity index (χ1v) is 9.78. The summed E-state index contributed by atoms with van der Waals surface area (Å²) < 4.78 is 5.36. The number of halogens is 1. The molecular formula is C19H24ClN5O2. The van der Waals surface area contributed by atoms with Crippen LogP contribution in [0.4, 0.5) is 11.4 Å². The Morgan fingerprint density at radius 2 is 2.15 bits per heavy atom. The van der Waals surface area contributed by atoms with Gasteiger partial charge in [-0.15, -0.1) is 0 Å². The van der Waals surface area contributed by atoms with Gasteiger partial charge in [-0.2, -0.15) is 5.10 Å². The Balaban J connectivity index is 1.39. The smallest absolute Gasteiger partial charge is 0.258 e. The third-order valence-electron chi connectivity index (χ3n) is 5.10. The van der Waals surface area contributed by atoms with Crippen molar-refractivity contribution in [3.05, 3.63) is 40.7 Å². The number of hydrogen-bond donors (Lipinski definition) is 2. The molecule has 2 aliphatic heterocycles. The highest BCUT2D eigenvalue weighted by Crippen LogP contribution is 2.28. The highest BCUT2D eigenvalue weighted by molar-refractivity contribution is 6.33. The molecule has 27 heavy (non-hydrogen) atoms. The lowest BCUT2D eigenvalue weighted by Crippen LogP contribution is -2.39. The normalized spacial score (nSPS) is 17.6. The molecule has 1 saturated heterocycles. The van der Waals surface area contributed by atoms with Gasteiger partial charge in [-0.1, -0.05) is 11.6 Å². The average Bonchev–Trinajstić information content (AvgIpc) is 3.18. The Bertz CT molecular complexity index is 803. The van der Waals surface area contributed by atoms with Crippen molar-refractivity contribution in [2.45, 2.75) is 12.8 Å². The van der Waals surface area contributed by atoms with Crippen LogP contribution in [0, 0.1) is 0 Å². The van der Waals surface area contributed by atoms with Crippen LogP contribution in [0.2, 0.25) is 5.02 Å². The molecule has 2 aromatic rings. The number of morpholine rings is 1. The molecule has 0 bridgehead atoms. The number of benzene rings is 1. The van der Waals surface area contributed by atoms with Crippen LogP contribution in [0.25, 0.3) is 0 Å². The van der Waals surface area contributed by atoms with E-state index in [2.05, 4.69) is 20.4 Å². The maximum atomic E-state index is 12.9. The summed E-state index contributed by atoms with van der Waals surface area (Å²) in [6, 6.07) is 5.46. The molecule has 1 aromatic heterocycles. The Hall–Kier alpha value is -2.09. The molecule has 1 amide bonds. The molecule has 0 aliphatic carbocycles. The van der Waals surface area contributed by atoms with Gasteiger partial charge in [0.1, 0.15) is 0 Å². The number of carbonyl (C=O) groups excluding carboxylic acids is 1. The van der Waals surface area contributed by atoms with Gasteiger partial charge in [0.2, 0.25) is 0 Å². The zero-order valence-corrected chi connectivity index (χ0v) is 16.0. The van der Waals surface area contributed by atoms with E-state index in [9.17, 15) is 4.79 Å². The summed E-state index contributed by atoms with van der Waals surface area (Å²) >= 11 is 6.43. The molecule has 2 aliphatic rings. The van der Waals surface area contributed by atoms with E-state index >= 15 is 0 Å². The molecule has 0 spiro atoms. The van der Waals surface area contributed by atoms with Gasteiger partial charge in [-0.05, 0) is 31.0 Å². The van der Waals surface area contributed by atoms with Crippen LogP contribution in [-0.2, 0) is 11.2 Å². The monoisotopic (exact) mass is 389 g/mol. The minimum Gasteiger partial charge on any atom is -0.383 e. The van der Waals surface area contributed by atoms with Crippen molar-refractivity contribution in [3.8, 4) is 0 Å². The fourth-order valence-corrected chi connectivity index (χ4v) is 3.84. The predicted octanol–water partition coefficient (Wildman–Crippen LogP) is 2.40. The topological polar surface area (TPSA) is 73.5 Å². The van der Waals surface area contributed by atoms with Gasteiger partial charge in [0.15, 0.2) is 0 Å². The average molecular weight is 390 g/mol. The molecule has 0 saturated carbocycles. The van der Waals surface area contributed by atoms with Gasteiger partial charge in [0.25, 0.3) is 5.91 Å². The number of aromatic amines is 1. The molecule has 1 aromatic carbocycles. The van der Waals surface area contributed by atoms with Crippen molar-refractivity contribution in [1.82, 2.24) is 15.1 Å². The second-order valence-corrected chi connectivity index (χ2v) is 7.28. The Morgan fingerprint density at radius 3 is 2.96 bits per heavy atom. The van der Waals surface area contributed by atoms with Crippen LogP contribution in [-0.4, -0.2) is 66.9 Å². The summed E-state index contributed by atoms with van der Waals surface area (Å²) in [7, 11) is 0. The van der Waals surface area contributed by atoms with E-state index in [1.54, 1.807) is 17.2 Å². The van der Waals surface area contributed by atoms with Crippen molar-refractivity contribution in [2.24, 2.45) is 0 Å². The fourth-order valence-electron chi connectivity index (χ4n) is 3.59. The van der Waals surface area contributed by atoms with E-state index in [-0.39, 0.29) is 5.91 Å². The van der Waals surface area contributed by atoms with Gasteiger partial charge in [0.05, 0.1) is 41.5 Å². The van der Waals surface area contributed by atoms with Crippen molar-refractivity contribution in [2.75, 3.05) is 56.2 Å². The van der Waals surface area contributed by atoms with Crippen molar-refractivity contribution in [3.63, 3.8) is 0 Å². The van der Waals surface area contributed by atoms with E-state index in [0.717, 1.165) is 69.3 Å². The number of rotatable bonds is 5. The number of ether oxygens (including phenoxy) is 1. The first-order chi connectivity index (χ1) is 13.2. The number of hydrogen-bond acceptors (Lipinski definition) is 5. The molecule has 0 atom stereocenters. The minimum atomic E-state index is -0.0425. The summed E-state index contributed by atoms with van der Waals surface area (Å²) in [5.74, 6) is -0.0425. The number of amides is 1. The van der Waals surface area contributed by atoms with Crippen LogP contribution in [0.1, 0.15) is 22.5 Å². The molecule has 1 fully saturated rings. The zero-order valence-electron chi connectivity index (χ0n) is 15.2. The summed E-state index contributed by atoms with van der Waals surface area (Å²) in [6.07, 6.45) is 3.57. The number of carbonyl (C=O) groups is 1. The molecule has 3 heterocycles. The molecule has 4 rings (SSSR count). The quantitative estimate of drug-likeness (QED) is 0.821. The fraction of sp³-hybridized carbons (Fsp3) is 0.474. The van der Waals surface area contributed by atoms with E-state index in [0.29, 0.717) is 17.1 Å². The highest BCUT2D eigenvalue weighted by Gasteiger charge is 2.25. The van der Waals surface area contributed by atoms with Gasteiger partial charge in [-0.25, -0.2) is 0 Å². The van der Waals surface area contributed by atoms with Gasteiger partial charge in [0, 0.05) is 38.3 Å². The first kappa shape index (κ1) is 18.3. The minimum absolute atomic E-state index is 0.0425. The van der Waals surface area contributed by atoms with E-state index in [1.807, 2.05) is 12.1 Å². The molecule has 144 valence electrons. The number of aryl methyl sites for hydroxylation is 1. The second kappa shape index (κ2) is 8.29. The highest BCUT2D eigenvalue weighted by atomic mass is 35.5. The molecule has 8 heteroatoms. The third-order valence-corrected chi connectivity index (χ3v) is 5.42. The number of anilines is 2. The number of nitrogens with zero attached hydrogens (tertiary/aromatic N) is 3. The lowest BCUT2D eigenvalue weighted by Gasteiger charge is -2.27. The Kier molecular flexibility index (Phi) is 5.61. The van der Waals surface area contributed by atoms with E-state index < -0.39 is 0 Å². The van der Waals surface area contributed by atoms with E-state index in [4.69, 9.17) is 16.3 Å². The lowest BCUT2D eigenvalue weighted by atomic mass is 10.1. The summed E-state index contributed by atoms with van der Waals surface area (Å²) in [5, 5.41) is 11.0. The Morgan fingerprint density at radius 1 is 1.30 bits per heavy atom. The van der Waals surface area contributed by atoms with Gasteiger partial charge >= 0.3 is 0 Å². The third kappa shape index (κ3) is 4.10. The largest absolute Gasteiger partial charge is 0.383 e. The second-order valence-electron chi connectivity index (χ2n) is 6.87. The summed E-state index contributed by atoms with van der Waals surface area (Å²) in [4.78, 5) is 17.1. The molecule has 2 N–H and O–H groups in total. The lowest BCUT2D eigenvalue weighted by molar-refractivity contribution is 0.0398. The van der Waals surface area contributed by atoms with Crippen molar-refractivity contribution in [1.29, 1.82) is 0 Å². The van der Waals surface area contributed by atoms with Crippen molar-refractivity contribution >= 4 is 28.9 Å². The van der Waals surface area contributed by atoms with Gasteiger partial charge < -0.3 is 15.0 Å². The van der Waals surface area contributed by atoms with Gasteiger partial charge in [-0.3, -0.25) is 14.8 Å². The molecule has 0 unspecified atom stereocenters. The SMILES string of the molecule is O=C(c1ccc(NCCN2CCOCC2)c(Cl)c1)N1CCCc2[nH]ncc21. The van der Waals surface area contributed by atoms with Crippen LogP contribution in [0.15, 0.2) is 24.4 Å². The zero-order chi connectivity index (χ0) is 18.6. The van der Waals surface area contributed by atoms with E-state index in [1.165, 1.54) is 0 Å². The maximum Gasteiger partial charge on any atom is 0.258 e. The molecule has 7 nitrogen and oxygen atoms in total. The number of H-pyrrole nitrogens is 1. The summed E-state index contributed by atoms with van der Waals surface area (Å²) in [6.45, 7) is 5.97. The Labute approximate surface area is 163 Å². The van der Waals surface area contributed by atoms with Crippen LogP contribution < -0.4 is 10.2 Å². The molecule has 0 radical (unpaired) electrons. The number of nitrogens with one attached hydrogen (secondary N) is 2.